The summed E-state index contributed by atoms with van der Waals surface area (Å²) in [5.41, 5.74) is 1.91. The predicted molar refractivity (Wildman–Crippen MR) is 94.3 cm³/mol. The lowest BCUT2D eigenvalue weighted by Gasteiger charge is -2.30. The van der Waals surface area contributed by atoms with Crippen molar-refractivity contribution in [1.29, 1.82) is 0 Å². The molecule has 0 saturated carbocycles. The molecule has 3 rings (SSSR count). The van der Waals surface area contributed by atoms with Crippen LogP contribution in [0.3, 0.4) is 0 Å². The number of methoxy groups -OCH3 is 1. The molecule has 1 N–H and O–H groups in total. The number of ether oxygens (including phenoxy) is 1. The summed E-state index contributed by atoms with van der Waals surface area (Å²) in [7, 11) is -1.45. The van der Waals surface area contributed by atoms with Crippen LogP contribution in [0, 0.1) is 0 Å². The molecular weight excluding hydrogens is 342 g/mol. The summed E-state index contributed by atoms with van der Waals surface area (Å²) in [6.07, 6.45) is 2.20. The van der Waals surface area contributed by atoms with Gasteiger partial charge in [-0.1, -0.05) is 12.1 Å². The minimum Gasteiger partial charge on any atom is -0.497 e. The molecule has 1 saturated heterocycles. The SMILES string of the molecule is COc1cccc(-c2cc(C(=O)N3CCC(S(C)(=O)=O)CC3)[nH]n2)c1. The molecule has 0 spiro atoms. The van der Waals surface area contributed by atoms with E-state index in [1.165, 1.54) is 6.26 Å². The Hall–Kier alpha value is -2.35. The van der Waals surface area contributed by atoms with Crippen LogP contribution in [0.15, 0.2) is 30.3 Å². The largest absolute Gasteiger partial charge is 0.497 e. The van der Waals surface area contributed by atoms with Crippen molar-refractivity contribution in [2.75, 3.05) is 26.5 Å². The summed E-state index contributed by atoms with van der Waals surface area (Å²) >= 11 is 0. The number of likely N-dealkylation sites (tertiary alicyclic amines) is 1. The number of aromatic nitrogens is 2. The predicted octanol–water partition coefficient (Wildman–Crippen LogP) is 1.73. The number of hydrogen-bond donors (Lipinski definition) is 1. The summed E-state index contributed by atoms with van der Waals surface area (Å²) in [6, 6.07) is 9.15. The van der Waals surface area contributed by atoms with Crippen molar-refractivity contribution in [3.05, 3.63) is 36.0 Å². The van der Waals surface area contributed by atoms with Gasteiger partial charge in [0.05, 0.1) is 18.1 Å². The van der Waals surface area contributed by atoms with E-state index in [-0.39, 0.29) is 11.2 Å². The number of aromatic amines is 1. The summed E-state index contributed by atoms with van der Waals surface area (Å²) in [4.78, 5) is 14.3. The minimum atomic E-state index is -3.05. The minimum absolute atomic E-state index is 0.159. The van der Waals surface area contributed by atoms with E-state index in [0.717, 1.165) is 11.3 Å². The van der Waals surface area contributed by atoms with Crippen LogP contribution in [-0.2, 0) is 9.84 Å². The van der Waals surface area contributed by atoms with Crippen LogP contribution in [0.25, 0.3) is 11.3 Å². The molecule has 7 nitrogen and oxygen atoms in total. The Kier molecular flexibility index (Phi) is 4.80. The van der Waals surface area contributed by atoms with Gasteiger partial charge in [0, 0.05) is 24.9 Å². The lowest BCUT2D eigenvalue weighted by atomic mass is 10.1. The molecule has 2 heterocycles. The smallest absolute Gasteiger partial charge is 0.271 e. The Bertz CT molecular complexity index is 868. The van der Waals surface area contributed by atoms with Gasteiger partial charge in [-0.3, -0.25) is 9.89 Å². The average molecular weight is 363 g/mol. The standard InChI is InChI=1S/C17H21N3O4S/c1-24-13-5-3-4-12(10-13)15-11-16(19-18-15)17(21)20-8-6-14(7-9-20)25(2,22)23/h3-5,10-11,14H,6-9H2,1-2H3,(H,18,19). The number of hydrogen-bond acceptors (Lipinski definition) is 5. The Balaban J connectivity index is 1.71. The highest BCUT2D eigenvalue weighted by molar-refractivity contribution is 7.91. The van der Waals surface area contributed by atoms with Gasteiger partial charge in [-0.15, -0.1) is 0 Å². The molecule has 0 unspecified atom stereocenters. The third kappa shape index (κ3) is 3.84. The van der Waals surface area contributed by atoms with Crippen LogP contribution in [0.5, 0.6) is 5.75 Å². The number of nitrogens with one attached hydrogen (secondary N) is 1. The van der Waals surface area contributed by atoms with Gasteiger partial charge in [0.25, 0.3) is 5.91 Å². The molecule has 1 aromatic heterocycles. The van der Waals surface area contributed by atoms with Crippen LogP contribution in [0.2, 0.25) is 0 Å². The van der Waals surface area contributed by atoms with E-state index in [0.29, 0.717) is 37.3 Å². The second-order valence-electron chi connectivity index (χ2n) is 6.22. The van der Waals surface area contributed by atoms with E-state index in [1.807, 2.05) is 24.3 Å². The molecular formula is C17H21N3O4S. The van der Waals surface area contributed by atoms with E-state index >= 15 is 0 Å². The number of carbonyl (C=O) groups is 1. The molecule has 2 aromatic rings. The monoisotopic (exact) mass is 363 g/mol. The molecule has 25 heavy (non-hydrogen) atoms. The van der Waals surface area contributed by atoms with Gasteiger partial charge < -0.3 is 9.64 Å². The highest BCUT2D eigenvalue weighted by atomic mass is 32.2. The van der Waals surface area contributed by atoms with Gasteiger partial charge in [0.1, 0.15) is 21.3 Å². The maximum Gasteiger partial charge on any atom is 0.271 e. The Morgan fingerprint density at radius 2 is 2.00 bits per heavy atom. The first-order chi connectivity index (χ1) is 11.9. The van der Waals surface area contributed by atoms with E-state index < -0.39 is 9.84 Å². The fraction of sp³-hybridized carbons (Fsp3) is 0.412. The fourth-order valence-corrected chi connectivity index (χ4v) is 4.09. The van der Waals surface area contributed by atoms with Crippen LogP contribution in [0.1, 0.15) is 23.3 Å². The van der Waals surface area contributed by atoms with E-state index in [2.05, 4.69) is 10.2 Å². The number of benzene rings is 1. The first-order valence-corrected chi connectivity index (χ1v) is 10.0. The third-order valence-corrected chi connectivity index (χ3v) is 6.19. The molecule has 1 fully saturated rings. The Labute approximate surface area is 146 Å². The van der Waals surface area contributed by atoms with Crippen molar-refractivity contribution in [3.63, 3.8) is 0 Å². The highest BCUT2D eigenvalue weighted by Gasteiger charge is 2.29. The third-order valence-electron chi connectivity index (χ3n) is 4.51. The number of H-pyrrole nitrogens is 1. The second kappa shape index (κ2) is 6.87. The average Bonchev–Trinajstić information content (AvgIpc) is 3.10. The number of nitrogens with zero attached hydrogens (tertiary/aromatic N) is 2. The second-order valence-corrected chi connectivity index (χ2v) is 8.55. The molecule has 1 aliphatic heterocycles. The first-order valence-electron chi connectivity index (χ1n) is 8.06. The zero-order chi connectivity index (χ0) is 18.0. The zero-order valence-corrected chi connectivity index (χ0v) is 15.0. The summed E-state index contributed by atoms with van der Waals surface area (Å²) in [5, 5.41) is 6.63. The van der Waals surface area contributed by atoms with Crippen LogP contribution >= 0.6 is 0 Å². The van der Waals surface area contributed by atoms with E-state index in [1.54, 1.807) is 18.1 Å². The number of carbonyl (C=O) groups excluding carboxylic acids is 1. The molecule has 1 aliphatic rings. The Morgan fingerprint density at radius 1 is 1.28 bits per heavy atom. The molecule has 1 aromatic carbocycles. The Morgan fingerprint density at radius 3 is 2.64 bits per heavy atom. The number of sulfone groups is 1. The summed E-state index contributed by atoms with van der Waals surface area (Å²) in [6.45, 7) is 0.869. The molecule has 134 valence electrons. The van der Waals surface area contributed by atoms with Crippen molar-refractivity contribution in [1.82, 2.24) is 15.1 Å². The maximum absolute atomic E-state index is 12.6. The first kappa shape index (κ1) is 17.5. The molecule has 0 bridgehead atoms. The lowest BCUT2D eigenvalue weighted by Crippen LogP contribution is -2.42. The van der Waals surface area contributed by atoms with Crippen LogP contribution < -0.4 is 4.74 Å². The highest BCUT2D eigenvalue weighted by Crippen LogP contribution is 2.24. The van der Waals surface area contributed by atoms with Gasteiger partial charge in [-0.05, 0) is 31.0 Å². The lowest BCUT2D eigenvalue weighted by molar-refractivity contribution is 0.0719. The van der Waals surface area contributed by atoms with E-state index in [4.69, 9.17) is 4.74 Å². The molecule has 0 atom stereocenters. The number of piperidine rings is 1. The van der Waals surface area contributed by atoms with Crippen molar-refractivity contribution < 1.29 is 17.9 Å². The van der Waals surface area contributed by atoms with Crippen LogP contribution in [-0.4, -0.2) is 61.1 Å². The van der Waals surface area contributed by atoms with Gasteiger partial charge in [0.15, 0.2) is 0 Å². The number of amides is 1. The van der Waals surface area contributed by atoms with E-state index in [9.17, 15) is 13.2 Å². The van der Waals surface area contributed by atoms with Gasteiger partial charge in [-0.25, -0.2) is 8.42 Å². The van der Waals surface area contributed by atoms with Gasteiger partial charge in [-0.2, -0.15) is 5.10 Å². The fourth-order valence-electron chi connectivity index (χ4n) is 3.02. The van der Waals surface area contributed by atoms with Gasteiger partial charge in [0.2, 0.25) is 0 Å². The molecule has 0 aliphatic carbocycles. The molecule has 8 heteroatoms. The van der Waals surface area contributed by atoms with Crippen molar-refractivity contribution >= 4 is 15.7 Å². The van der Waals surface area contributed by atoms with Gasteiger partial charge >= 0.3 is 0 Å². The van der Waals surface area contributed by atoms with Crippen molar-refractivity contribution in [2.24, 2.45) is 0 Å². The normalized spacial score (nSPS) is 16.0. The van der Waals surface area contributed by atoms with Crippen molar-refractivity contribution in [2.45, 2.75) is 18.1 Å². The van der Waals surface area contributed by atoms with Crippen molar-refractivity contribution in [3.8, 4) is 17.0 Å². The molecule has 0 radical (unpaired) electrons. The zero-order valence-electron chi connectivity index (χ0n) is 14.2. The quantitative estimate of drug-likeness (QED) is 0.893. The molecule has 1 amide bonds. The maximum atomic E-state index is 12.6. The van der Waals surface area contributed by atoms with Crippen LogP contribution in [0.4, 0.5) is 0 Å². The topological polar surface area (TPSA) is 92.4 Å². The summed E-state index contributed by atoms with van der Waals surface area (Å²) in [5.74, 6) is 0.560. The number of rotatable bonds is 4. The summed E-state index contributed by atoms with van der Waals surface area (Å²) < 4.78 is 28.4.